The van der Waals surface area contributed by atoms with Crippen molar-refractivity contribution in [3.63, 3.8) is 0 Å². The predicted molar refractivity (Wildman–Crippen MR) is 75.4 cm³/mol. The summed E-state index contributed by atoms with van der Waals surface area (Å²) in [6, 6.07) is 0.362. The fourth-order valence-electron chi connectivity index (χ4n) is 2.48. The molecule has 1 fully saturated rings. The first kappa shape index (κ1) is 14.1. The van der Waals surface area contributed by atoms with E-state index in [0.717, 1.165) is 37.4 Å². The van der Waals surface area contributed by atoms with Gasteiger partial charge in [0.25, 0.3) is 5.91 Å². The molecule has 0 bridgehead atoms. The van der Waals surface area contributed by atoms with E-state index in [1.54, 1.807) is 0 Å². The number of hydrogen-bond donors (Lipinski definition) is 1. The van der Waals surface area contributed by atoms with Gasteiger partial charge in [-0.3, -0.25) is 9.48 Å². The van der Waals surface area contributed by atoms with Crippen LogP contribution in [-0.4, -0.2) is 46.3 Å². The first-order valence-electron chi connectivity index (χ1n) is 7.13. The first-order chi connectivity index (χ1) is 9.02. The minimum atomic E-state index is 0.122. The Balaban J connectivity index is 2.24. The van der Waals surface area contributed by atoms with Crippen molar-refractivity contribution in [2.75, 3.05) is 19.6 Å². The molecule has 19 heavy (non-hydrogen) atoms. The van der Waals surface area contributed by atoms with E-state index in [-0.39, 0.29) is 11.8 Å². The number of rotatable bonds is 3. The summed E-state index contributed by atoms with van der Waals surface area (Å²) < 4.78 is 1.86. The van der Waals surface area contributed by atoms with Crippen LogP contribution in [0.2, 0.25) is 0 Å². The lowest BCUT2D eigenvalue weighted by Crippen LogP contribution is -2.51. The van der Waals surface area contributed by atoms with E-state index in [1.165, 1.54) is 0 Å². The van der Waals surface area contributed by atoms with Crippen molar-refractivity contribution in [1.82, 2.24) is 20.0 Å². The molecular weight excluding hydrogens is 240 g/mol. The van der Waals surface area contributed by atoms with Crippen molar-refractivity contribution >= 4 is 5.91 Å². The summed E-state index contributed by atoms with van der Waals surface area (Å²) in [5.41, 5.74) is 1.68. The van der Waals surface area contributed by atoms with E-state index in [4.69, 9.17) is 0 Å². The Morgan fingerprint density at radius 3 is 2.89 bits per heavy atom. The molecular formula is C14H24N4O. The van der Waals surface area contributed by atoms with Crippen LogP contribution in [0.1, 0.15) is 49.7 Å². The average molecular weight is 264 g/mol. The van der Waals surface area contributed by atoms with Crippen LogP contribution in [0.4, 0.5) is 0 Å². The maximum absolute atomic E-state index is 12.6. The normalized spacial score (nSPS) is 20.1. The highest BCUT2D eigenvalue weighted by atomic mass is 16.2. The third-order valence-corrected chi connectivity index (χ3v) is 3.55. The molecule has 2 heterocycles. The van der Waals surface area contributed by atoms with Crippen molar-refractivity contribution in [1.29, 1.82) is 0 Å². The van der Waals surface area contributed by atoms with Crippen LogP contribution in [0, 0.1) is 0 Å². The first-order valence-corrected chi connectivity index (χ1v) is 7.13. The van der Waals surface area contributed by atoms with Crippen molar-refractivity contribution in [3.8, 4) is 0 Å². The largest absolute Gasteiger partial charge is 0.336 e. The summed E-state index contributed by atoms with van der Waals surface area (Å²) in [6.07, 6.45) is 1.89. The van der Waals surface area contributed by atoms with Crippen molar-refractivity contribution < 1.29 is 4.79 Å². The molecule has 1 amide bonds. The highest BCUT2D eigenvalue weighted by molar-refractivity contribution is 5.95. The average Bonchev–Trinajstić information content (AvgIpc) is 2.82. The zero-order valence-corrected chi connectivity index (χ0v) is 12.3. The maximum Gasteiger partial charge on any atom is 0.257 e. The number of hydrogen-bond acceptors (Lipinski definition) is 3. The van der Waals surface area contributed by atoms with Gasteiger partial charge < -0.3 is 10.2 Å². The molecule has 1 aromatic rings. The van der Waals surface area contributed by atoms with E-state index in [9.17, 15) is 4.79 Å². The van der Waals surface area contributed by atoms with Crippen molar-refractivity contribution in [2.24, 2.45) is 0 Å². The van der Waals surface area contributed by atoms with Gasteiger partial charge in [-0.05, 0) is 19.8 Å². The van der Waals surface area contributed by atoms with Crippen LogP contribution >= 0.6 is 0 Å². The minimum Gasteiger partial charge on any atom is -0.336 e. The molecule has 1 aliphatic heterocycles. The molecule has 106 valence electrons. The van der Waals surface area contributed by atoms with Gasteiger partial charge in [0.2, 0.25) is 0 Å². The van der Waals surface area contributed by atoms with Crippen LogP contribution in [-0.2, 0) is 6.54 Å². The van der Waals surface area contributed by atoms with E-state index in [0.29, 0.717) is 6.04 Å². The third-order valence-electron chi connectivity index (χ3n) is 3.55. The fourth-order valence-corrected chi connectivity index (χ4v) is 2.48. The minimum absolute atomic E-state index is 0.122. The molecule has 0 aliphatic carbocycles. The second kappa shape index (κ2) is 5.74. The summed E-state index contributed by atoms with van der Waals surface area (Å²) in [6.45, 7) is 11.5. The van der Waals surface area contributed by atoms with Gasteiger partial charge in [-0.15, -0.1) is 0 Å². The number of carbonyl (C=O) groups is 1. The molecule has 0 radical (unpaired) electrons. The zero-order valence-electron chi connectivity index (χ0n) is 12.3. The van der Waals surface area contributed by atoms with E-state index < -0.39 is 0 Å². The Labute approximate surface area is 115 Å². The number of aromatic nitrogens is 2. The molecule has 1 saturated heterocycles. The topological polar surface area (TPSA) is 50.2 Å². The van der Waals surface area contributed by atoms with Gasteiger partial charge >= 0.3 is 0 Å². The molecule has 2 rings (SSSR count). The SMILES string of the molecule is CCn1cc(C(=O)N2CCNC(C)C2)c(C(C)C)n1. The lowest BCUT2D eigenvalue weighted by atomic mass is 10.0. The molecule has 5 heteroatoms. The lowest BCUT2D eigenvalue weighted by molar-refractivity contribution is 0.0707. The number of amides is 1. The van der Waals surface area contributed by atoms with Gasteiger partial charge in [0.1, 0.15) is 0 Å². The summed E-state index contributed by atoms with van der Waals surface area (Å²) >= 11 is 0. The Morgan fingerprint density at radius 2 is 2.32 bits per heavy atom. The fraction of sp³-hybridized carbons (Fsp3) is 0.714. The molecule has 5 nitrogen and oxygen atoms in total. The van der Waals surface area contributed by atoms with Gasteiger partial charge in [-0.25, -0.2) is 0 Å². The number of aryl methyl sites for hydroxylation is 1. The van der Waals surface area contributed by atoms with Crippen molar-refractivity contribution in [2.45, 2.75) is 46.2 Å². The number of nitrogens with zero attached hydrogens (tertiary/aromatic N) is 3. The second-order valence-corrected chi connectivity index (χ2v) is 5.54. The van der Waals surface area contributed by atoms with Gasteiger partial charge in [0.05, 0.1) is 11.3 Å². The van der Waals surface area contributed by atoms with E-state index in [1.807, 2.05) is 22.7 Å². The van der Waals surface area contributed by atoms with Crippen molar-refractivity contribution in [3.05, 3.63) is 17.5 Å². The maximum atomic E-state index is 12.6. The molecule has 1 aliphatic rings. The van der Waals surface area contributed by atoms with Crippen LogP contribution in [0.3, 0.4) is 0 Å². The monoisotopic (exact) mass is 264 g/mol. The summed E-state index contributed by atoms with van der Waals surface area (Å²) in [5.74, 6) is 0.392. The second-order valence-electron chi connectivity index (χ2n) is 5.54. The van der Waals surface area contributed by atoms with Crippen LogP contribution in [0.5, 0.6) is 0 Å². The van der Waals surface area contributed by atoms with Gasteiger partial charge in [-0.2, -0.15) is 5.10 Å². The summed E-state index contributed by atoms with van der Waals surface area (Å²) in [7, 11) is 0. The van der Waals surface area contributed by atoms with E-state index in [2.05, 4.69) is 31.2 Å². The number of nitrogens with one attached hydrogen (secondary N) is 1. The van der Waals surface area contributed by atoms with E-state index >= 15 is 0 Å². The lowest BCUT2D eigenvalue weighted by Gasteiger charge is -2.31. The highest BCUT2D eigenvalue weighted by Gasteiger charge is 2.26. The zero-order chi connectivity index (χ0) is 14.0. The third kappa shape index (κ3) is 2.97. The quantitative estimate of drug-likeness (QED) is 0.899. The molecule has 1 atom stereocenters. The van der Waals surface area contributed by atoms with Crippen LogP contribution in [0.15, 0.2) is 6.20 Å². The molecule has 1 N–H and O–H groups in total. The number of piperazine rings is 1. The smallest absolute Gasteiger partial charge is 0.257 e. The van der Waals surface area contributed by atoms with Crippen LogP contribution in [0.25, 0.3) is 0 Å². The van der Waals surface area contributed by atoms with Gasteiger partial charge in [0, 0.05) is 38.4 Å². The van der Waals surface area contributed by atoms with Gasteiger partial charge in [0.15, 0.2) is 0 Å². The summed E-state index contributed by atoms with van der Waals surface area (Å²) in [4.78, 5) is 14.6. The molecule has 0 saturated carbocycles. The standard InChI is InChI=1S/C14H24N4O/c1-5-18-9-12(13(16-18)10(2)3)14(19)17-7-6-15-11(4)8-17/h9-11,15H,5-8H2,1-4H3. The number of carbonyl (C=O) groups excluding carboxylic acids is 1. The molecule has 0 aromatic carbocycles. The van der Waals surface area contributed by atoms with Gasteiger partial charge in [-0.1, -0.05) is 13.8 Å². The Morgan fingerprint density at radius 1 is 1.58 bits per heavy atom. The summed E-state index contributed by atoms with van der Waals surface area (Å²) in [5, 5.41) is 7.87. The molecule has 1 aromatic heterocycles. The Kier molecular flexibility index (Phi) is 4.24. The Bertz CT molecular complexity index is 452. The predicted octanol–water partition coefficient (Wildman–Crippen LogP) is 1.46. The highest BCUT2D eigenvalue weighted by Crippen LogP contribution is 2.20. The molecule has 1 unspecified atom stereocenters. The Hall–Kier alpha value is -1.36. The molecule has 0 spiro atoms. The van der Waals surface area contributed by atoms with Crippen LogP contribution < -0.4 is 5.32 Å².